The average Bonchev–Trinajstić information content (AvgIpc) is 3.43. The van der Waals surface area contributed by atoms with Gasteiger partial charge >= 0.3 is 0 Å². The summed E-state index contributed by atoms with van der Waals surface area (Å²) >= 11 is 0. The maximum atomic E-state index is 5.83. The molecule has 0 radical (unpaired) electrons. The molecule has 0 amide bonds. The number of rotatable bonds is 4. The molecule has 5 rings (SSSR count). The number of fused-ring (bicyclic) bond motifs is 1. The third kappa shape index (κ3) is 3.39. The number of nitrogens with zero attached hydrogens (tertiary/aromatic N) is 4. The van der Waals surface area contributed by atoms with Crippen molar-refractivity contribution in [2.75, 3.05) is 13.2 Å². The van der Waals surface area contributed by atoms with Gasteiger partial charge in [-0.15, -0.1) is 0 Å². The molecule has 0 bridgehead atoms. The first-order chi connectivity index (χ1) is 13.3. The zero-order valence-corrected chi connectivity index (χ0v) is 15.8. The predicted octanol–water partition coefficient (Wildman–Crippen LogP) is 3.60. The third-order valence-corrected chi connectivity index (χ3v) is 5.90. The van der Waals surface area contributed by atoms with Crippen LogP contribution >= 0.6 is 0 Å². The summed E-state index contributed by atoms with van der Waals surface area (Å²) in [5.41, 5.74) is 3.23. The van der Waals surface area contributed by atoms with Crippen molar-refractivity contribution >= 4 is 10.9 Å². The first-order valence-corrected chi connectivity index (χ1v) is 10.1. The summed E-state index contributed by atoms with van der Waals surface area (Å²) < 4.78 is 10.1. The van der Waals surface area contributed by atoms with Crippen LogP contribution in [-0.2, 0) is 11.3 Å². The van der Waals surface area contributed by atoms with Gasteiger partial charge in [-0.05, 0) is 57.2 Å². The maximum Gasteiger partial charge on any atom is 0.150 e. The van der Waals surface area contributed by atoms with E-state index in [0.717, 1.165) is 43.8 Å². The Balaban J connectivity index is 1.36. The Morgan fingerprint density at radius 1 is 1.30 bits per heavy atom. The van der Waals surface area contributed by atoms with E-state index in [0.29, 0.717) is 12.0 Å². The molecule has 2 saturated heterocycles. The summed E-state index contributed by atoms with van der Waals surface area (Å²) in [4.78, 5) is 4.73. The van der Waals surface area contributed by atoms with E-state index in [1.807, 2.05) is 17.1 Å². The molecular weight excluding hydrogens is 338 g/mol. The SMILES string of the molecule is C[C@@H]1C[C@@H](Cn2ccc3cc(-c4cnn(C5CCCCO5)c4)ncc32)CN1. The standard InChI is InChI=1S/C21H27N5O/c1-15-8-16(10-22-15)13-25-6-5-17-9-19(23-12-20(17)25)18-11-24-26(14-18)21-4-2-3-7-27-21/h5-6,9,11-12,14-16,21-22H,2-4,7-8,10,13H2,1H3/t15-,16-,21?/m1/s1. The Hall–Kier alpha value is -2.18. The molecule has 142 valence electrons. The summed E-state index contributed by atoms with van der Waals surface area (Å²) in [7, 11) is 0. The second-order valence-corrected chi connectivity index (χ2v) is 8.04. The fourth-order valence-corrected chi connectivity index (χ4v) is 4.42. The summed E-state index contributed by atoms with van der Waals surface area (Å²) in [5, 5.41) is 9.29. The topological polar surface area (TPSA) is 56.9 Å². The normalized spacial score (nSPS) is 26.0. The monoisotopic (exact) mass is 365 g/mol. The van der Waals surface area contributed by atoms with Crippen molar-refractivity contribution in [2.24, 2.45) is 5.92 Å². The van der Waals surface area contributed by atoms with Crippen LogP contribution in [-0.4, -0.2) is 38.5 Å². The van der Waals surface area contributed by atoms with E-state index in [2.05, 4.69) is 46.4 Å². The zero-order valence-electron chi connectivity index (χ0n) is 15.8. The van der Waals surface area contributed by atoms with Gasteiger partial charge in [0.1, 0.15) is 6.23 Å². The molecule has 27 heavy (non-hydrogen) atoms. The van der Waals surface area contributed by atoms with Gasteiger partial charge < -0.3 is 14.6 Å². The number of aromatic nitrogens is 4. The molecule has 1 N–H and O–H groups in total. The Labute approximate surface area is 159 Å². The smallest absolute Gasteiger partial charge is 0.150 e. The number of nitrogens with one attached hydrogen (secondary N) is 1. The van der Waals surface area contributed by atoms with Crippen LogP contribution in [0.15, 0.2) is 36.9 Å². The van der Waals surface area contributed by atoms with Gasteiger partial charge in [-0.1, -0.05) is 0 Å². The van der Waals surface area contributed by atoms with Gasteiger partial charge in [0, 0.05) is 42.5 Å². The minimum atomic E-state index is 0.0692. The molecule has 6 heteroatoms. The highest BCUT2D eigenvalue weighted by molar-refractivity contribution is 5.83. The quantitative estimate of drug-likeness (QED) is 0.768. The van der Waals surface area contributed by atoms with Gasteiger partial charge in [-0.2, -0.15) is 5.10 Å². The maximum absolute atomic E-state index is 5.83. The molecule has 2 aliphatic rings. The largest absolute Gasteiger partial charge is 0.357 e. The molecule has 3 aromatic heterocycles. The Morgan fingerprint density at radius 3 is 3.07 bits per heavy atom. The summed E-state index contributed by atoms with van der Waals surface area (Å²) in [6.45, 7) is 5.25. The lowest BCUT2D eigenvalue weighted by molar-refractivity contribution is -0.0394. The van der Waals surface area contributed by atoms with Crippen molar-refractivity contribution in [2.45, 2.75) is 51.4 Å². The van der Waals surface area contributed by atoms with Crippen LogP contribution in [0, 0.1) is 5.92 Å². The molecule has 0 spiro atoms. The predicted molar refractivity (Wildman–Crippen MR) is 105 cm³/mol. The van der Waals surface area contributed by atoms with Gasteiger partial charge in [0.05, 0.1) is 23.6 Å². The second kappa shape index (κ2) is 7.09. The molecule has 3 atom stereocenters. The molecule has 2 fully saturated rings. The van der Waals surface area contributed by atoms with E-state index in [4.69, 9.17) is 9.72 Å². The molecule has 0 aromatic carbocycles. The van der Waals surface area contributed by atoms with Crippen molar-refractivity contribution in [3.8, 4) is 11.3 Å². The number of hydrogen-bond donors (Lipinski definition) is 1. The van der Waals surface area contributed by atoms with Gasteiger partial charge in [0.15, 0.2) is 0 Å². The Bertz CT molecular complexity index is 924. The highest BCUT2D eigenvalue weighted by Crippen LogP contribution is 2.27. The second-order valence-electron chi connectivity index (χ2n) is 8.04. The van der Waals surface area contributed by atoms with Crippen LogP contribution in [0.5, 0.6) is 0 Å². The Kier molecular flexibility index (Phi) is 4.45. The van der Waals surface area contributed by atoms with Crippen molar-refractivity contribution in [3.63, 3.8) is 0 Å². The zero-order chi connectivity index (χ0) is 18.2. The van der Waals surface area contributed by atoms with Crippen LogP contribution < -0.4 is 5.32 Å². The lowest BCUT2D eigenvalue weighted by Gasteiger charge is -2.22. The number of hydrogen-bond acceptors (Lipinski definition) is 4. The average molecular weight is 365 g/mol. The minimum Gasteiger partial charge on any atom is -0.357 e. The van der Waals surface area contributed by atoms with Gasteiger partial charge in [0.2, 0.25) is 0 Å². The highest BCUT2D eigenvalue weighted by atomic mass is 16.5. The molecule has 5 heterocycles. The highest BCUT2D eigenvalue weighted by Gasteiger charge is 2.21. The van der Waals surface area contributed by atoms with Crippen LogP contribution in [0.25, 0.3) is 22.2 Å². The lowest BCUT2D eigenvalue weighted by atomic mass is 10.1. The van der Waals surface area contributed by atoms with Gasteiger partial charge in [-0.3, -0.25) is 4.98 Å². The van der Waals surface area contributed by atoms with Gasteiger partial charge in [-0.25, -0.2) is 4.68 Å². The first-order valence-electron chi connectivity index (χ1n) is 10.1. The molecular formula is C21H27N5O. The van der Waals surface area contributed by atoms with Crippen molar-refractivity contribution < 1.29 is 4.74 Å². The summed E-state index contributed by atoms with van der Waals surface area (Å²) in [6, 6.07) is 5.00. The first kappa shape index (κ1) is 17.0. The molecule has 3 aromatic rings. The third-order valence-electron chi connectivity index (χ3n) is 5.90. The van der Waals surface area contributed by atoms with E-state index in [9.17, 15) is 0 Å². The number of ether oxygens (including phenoxy) is 1. The van der Waals surface area contributed by atoms with E-state index in [1.54, 1.807) is 0 Å². The fourth-order valence-electron chi connectivity index (χ4n) is 4.42. The van der Waals surface area contributed by atoms with Crippen molar-refractivity contribution in [1.29, 1.82) is 0 Å². The van der Waals surface area contributed by atoms with Crippen molar-refractivity contribution in [3.05, 3.63) is 36.9 Å². The van der Waals surface area contributed by atoms with E-state index < -0.39 is 0 Å². The fraction of sp³-hybridized carbons (Fsp3) is 0.524. The van der Waals surface area contributed by atoms with Crippen molar-refractivity contribution in [1.82, 2.24) is 24.6 Å². The summed E-state index contributed by atoms with van der Waals surface area (Å²) in [6.07, 6.45) is 12.9. The van der Waals surface area contributed by atoms with Gasteiger partial charge in [0.25, 0.3) is 0 Å². The molecule has 6 nitrogen and oxygen atoms in total. The molecule has 0 saturated carbocycles. The van der Waals surface area contributed by atoms with Crippen LogP contribution in [0.4, 0.5) is 0 Å². The number of pyridine rings is 1. The van der Waals surface area contributed by atoms with E-state index >= 15 is 0 Å². The van der Waals surface area contributed by atoms with E-state index in [1.165, 1.54) is 23.7 Å². The Morgan fingerprint density at radius 2 is 2.26 bits per heavy atom. The lowest BCUT2D eigenvalue weighted by Crippen LogP contribution is -2.18. The summed E-state index contributed by atoms with van der Waals surface area (Å²) in [5.74, 6) is 0.698. The molecule has 0 aliphatic carbocycles. The van der Waals surface area contributed by atoms with Crippen LogP contribution in [0.3, 0.4) is 0 Å². The molecule has 1 unspecified atom stereocenters. The van der Waals surface area contributed by atoms with Crippen LogP contribution in [0.2, 0.25) is 0 Å². The van der Waals surface area contributed by atoms with Crippen LogP contribution in [0.1, 0.15) is 38.8 Å². The molecule has 2 aliphatic heterocycles. The van der Waals surface area contributed by atoms with E-state index in [-0.39, 0.29) is 6.23 Å². The minimum absolute atomic E-state index is 0.0692.